The van der Waals surface area contributed by atoms with E-state index in [0.29, 0.717) is 11.5 Å². The zero-order chi connectivity index (χ0) is 16.8. The van der Waals surface area contributed by atoms with Crippen molar-refractivity contribution in [3.63, 3.8) is 0 Å². The van der Waals surface area contributed by atoms with Gasteiger partial charge in [-0.25, -0.2) is 9.78 Å². The number of methoxy groups -OCH3 is 1. The Morgan fingerprint density at radius 1 is 1.08 bits per heavy atom. The van der Waals surface area contributed by atoms with E-state index in [2.05, 4.69) is 20.2 Å². The van der Waals surface area contributed by atoms with Gasteiger partial charge in [-0.2, -0.15) is 4.98 Å². The van der Waals surface area contributed by atoms with Crippen molar-refractivity contribution >= 4 is 23.4 Å². The van der Waals surface area contributed by atoms with Crippen LogP contribution in [0, 0.1) is 0 Å². The molecule has 3 rings (SSSR count). The van der Waals surface area contributed by atoms with Crippen LogP contribution in [0.15, 0.2) is 36.5 Å². The average Bonchev–Trinajstić information content (AvgIpc) is 2.91. The van der Waals surface area contributed by atoms with Crippen molar-refractivity contribution in [2.24, 2.45) is 0 Å². The summed E-state index contributed by atoms with van der Waals surface area (Å²) >= 11 is 0. The van der Waals surface area contributed by atoms with Gasteiger partial charge in [0.25, 0.3) is 0 Å². The molecule has 126 valence electrons. The van der Waals surface area contributed by atoms with Gasteiger partial charge in [-0.1, -0.05) is 12.8 Å². The Morgan fingerprint density at radius 2 is 1.79 bits per heavy atom. The Bertz CT molecular complexity index is 680. The minimum absolute atomic E-state index is 0.346. The summed E-state index contributed by atoms with van der Waals surface area (Å²) < 4.78 is 4.70. The van der Waals surface area contributed by atoms with Crippen molar-refractivity contribution in [3.8, 4) is 0 Å². The molecule has 0 atom stereocenters. The lowest BCUT2D eigenvalue weighted by Gasteiger charge is -2.21. The highest BCUT2D eigenvalue weighted by molar-refractivity contribution is 5.89. The maximum absolute atomic E-state index is 11.5. The van der Waals surface area contributed by atoms with E-state index in [0.717, 1.165) is 24.6 Å². The van der Waals surface area contributed by atoms with Gasteiger partial charge < -0.3 is 15.0 Å². The number of benzene rings is 1. The van der Waals surface area contributed by atoms with Crippen LogP contribution in [-0.4, -0.2) is 36.1 Å². The second kappa shape index (κ2) is 7.77. The molecule has 0 saturated carbocycles. The number of nitrogens with one attached hydrogen (secondary N) is 1. The van der Waals surface area contributed by atoms with Crippen LogP contribution in [0.3, 0.4) is 0 Å². The molecule has 1 aliphatic heterocycles. The Hall–Kier alpha value is -2.63. The van der Waals surface area contributed by atoms with Crippen molar-refractivity contribution in [2.45, 2.75) is 25.7 Å². The van der Waals surface area contributed by atoms with Crippen LogP contribution in [0.4, 0.5) is 17.5 Å². The number of hydrogen-bond donors (Lipinski definition) is 1. The van der Waals surface area contributed by atoms with Crippen molar-refractivity contribution in [2.75, 3.05) is 30.4 Å². The van der Waals surface area contributed by atoms with Gasteiger partial charge in [-0.15, -0.1) is 0 Å². The number of carbonyl (C=O) groups is 1. The van der Waals surface area contributed by atoms with Crippen LogP contribution in [0.5, 0.6) is 0 Å². The van der Waals surface area contributed by atoms with Crippen LogP contribution < -0.4 is 10.2 Å². The van der Waals surface area contributed by atoms with Gasteiger partial charge in [0.1, 0.15) is 5.82 Å². The fraction of sp³-hybridized carbons (Fsp3) is 0.389. The molecule has 6 heteroatoms. The van der Waals surface area contributed by atoms with Crippen molar-refractivity contribution < 1.29 is 9.53 Å². The van der Waals surface area contributed by atoms with E-state index in [-0.39, 0.29) is 5.97 Å². The van der Waals surface area contributed by atoms with Gasteiger partial charge in [-0.3, -0.25) is 0 Å². The molecular formula is C18H22N4O2. The van der Waals surface area contributed by atoms with Gasteiger partial charge >= 0.3 is 5.97 Å². The third kappa shape index (κ3) is 4.01. The standard InChI is InChI=1S/C18H22N4O2/c1-24-17(23)14-6-8-15(9-7-14)20-18-19-11-10-16(21-18)22-12-4-2-3-5-13-22/h6-11H,2-5,12-13H2,1H3,(H,19,20,21). The summed E-state index contributed by atoms with van der Waals surface area (Å²) in [6.45, 7) is 2.09. The first-order chi connectivity index (χ1) is 11.8. The predicted molar refractivity (Wildman–Crippen MR) is 93.8 cm³/mol. The molecule has 1 N–H and O–H groups in total. The summed E-state index contributed by atoms with van der Waals surface area (Å²) in [5.41, 5.74) is 1.35. The molecule has 1 aromatic carbocycles. The first-order valence-electron chi connectivity index (χ1n) is 8.29. The number of anilines is 3. The van der Waals surface area contributed by atoms with E-state index in [1.54, 1.807) is 18.3 Å². The molecule has 0 bridgehead atoms. The number of carbonyl (C=O) groups excluding carboxylic acids is 1. The van der Waals surface area contributed by atoms with Crippen molar-refractivity contribution in [3.05, 3.63) is 42.1 Å². The number of nitrogens with zero attached hydrogens (tertiary/aromatic N) is 3. The maximum atomic E-state index is 11.5. The van der Waals surface area contributed by atoms with E-state index in [1.165, 1.54) is 32.8 Å². The smallest absolute Gasteiger partial charge is 0.337 e. The molecule has 0 aliphatic carbocycles. The van der Waals surface area contributed by atoms with Gasteiger partial charge in [0.15, 0.2) is 0 Å². The quantitative estimate of drug-likeness (QED) is 0.869. The average molecular weight is 326 g/mol. The Labute approximate surface area is 141 Å². The highest BCUT2D eigenvalue weighted by atomic mass is 16.5. The van der Waals surface area contributed by atoms with Crippen molar-refractivity contribution in [1.29, 1.82) is 0 Å². The lowest BCUT2D eigenvalue weighted by atomic mass is 10.2. The fourth-order valence-electron chi connectivity index (χ4n) is 2.82. The molecule has 24 heavy (non-hydrogen) atoms. The van der Waals surface area contributed by atoms with E-state index in [9.17, 15) is 4.79 Å². The molecule has 1 fully saturated rings. The summed E-state index contributed by atoms with van der Waals surface area (Å²) in [6.07, 6.45) is 6.78. The third-order valence-corrected chi connectivity index (χ3v) is 4.13. The Morgan fingerprint density at radius 3 is 2.46 bits per heavy atom. The second-order valence-electron chi connectivity index (χ2n) is 5.83. The Kier molecular flexibility index (Phi) is 5.25. The van der Waals surface area contributed by atoms with Crippen LogP contribution in [0.25, 0.3) is 0 Å². The maximum Gasteiger partial charge on any atom is 0.337 e. The van der Waals surface area contributed by atoms with Gasteiger partial charge in [0.05, 0.1) is 12.7 Å². The normalized spacial score (nSPS) is 14.8. The van der Waals surface area contributed by atoms with E-state index in [1.807, 2.05) is 18.2 Å². The van der Waals surface area contributed by atoms with E-state index < -0.39 is 0 Å². The molecule has 2 heterocycles. The minimum atomic E-state index is -0.346. The highest BCUT2D eigenvalue weighted by Gasteiger charge is 2.12. The summed E-state index contributed by atoms with van der Waals surface area (Å²) in [5.74, 6) is 1.17. The SMILES string of the molecule is COC(=O)c1ccc(Nc2nccc(N3CCCCCC3)n2)cc1. The molecule has 1 aromatic heterocycles. The van der Waals surface area contributed by atoms with E-state index >= 15 is 0 Å². The zero-order valence-electron chi connectivity index (χ0n) is 13.9. The summed E-state index contributed by atoms with van der Waals surface area (Å²) in [6, 6.07) is 9.01. The lowest BCUT2D eigenvalue weighted by Crippen LogP contribution is -2.25. The van der Waals surface area contributed by atoms with E-state index in [4.69, 9.17) is 4.74 Å². The molecule has 0 unspecified atom stereocenters. The fourth-order valence-corrected chi connectivity index (χ4v) is 2.82. The van der Waals surface area contributed by atoms with Crippen molar-refractivity contribution in [1.82, 2.24) is 9.97 Å². The first-order valence-corrected chi connectivity index (χ1v) is 8.29. The molecular weight excluding hydrogens is 304 g/mol. The molecule has 0 amide bonds. The molecule has 1 aliphatic rings. The molecule has 1 saturated heterocycles. The van der Waals surface area contributed by atoms with Gasteiger partial charge in [0.2, 0.25) is 5.95 Å². The topological polar surface area (TPSA) is 67.3 Å². The number of ether oxygens (including phenoxy) is 1. The van der Waals surface area contributed by atoms with Crippen LogP contribution in [-0.2, 0) is 4.74 Å². The van der Waals surface area contributed by atoms with Crippen LogP contribution >= 0.6 is 0 Å². The minimum Gasteiger partial charge on any atom is -0.465 e. The molecule has 0 radical (unpaired) electrons. The summed E-state index contributed by atoms with van der Waals surface area (Å²) in [5, 5.41) is 3.18. The number of hydrogen-bond acceptors (Lipinski definition) is 6. The third-order valence-electron chi connectivity index (χ3n) is 4.13. The molecule has 2 aromatic rings. The zero-order valence-corrected chi connectivity index (χ0v) is 13.9. The largest absolute Gasteiger partial charge is 0.465 e. The van der Waals surface area contributed by atoms with Gasteiger partial charge in [-0.05, 0) is 43.2 Å². The molecule has 6 nitrogen and oxygen atoms in total. The van der Waals surface area contributed by atoms with Gasteiger partial charge in [0, 0.05) is 25.0 Å². The number of esters is 1. The van der Waals surface area contributed by atoms with Crippen LogP contribution in [0.2, 0.25) is 0 Å². The first kappa shape index (κ1) is 16.2. The number of rotatable bonds is 4. The number of aromatic nitrogens is 2. The predicted octanol–water partition coefficient (Wildman–Crippen LogP) is 3.39. The highest BCUT2D eigenvalue weighted by Crippen LogP contribution is 2.20. The summed E-state index contributed by atoms with van der Waals surface area (Å²) in [7, 11) is 1.37. The Balaban J connectivity index is 1.71. The molecule has 0 spiro atoms. The lowest BCUT2D eigenvalue weighted by molar-refractivity contribution is 0.0601. The second-order valence-corrected chi connectivity index (χ2v) is 5.83. The summed E-state index contributed by atoms with van der Waals surface area (Å²) in [4.78, 5) is 22.7. The monoisotopic (exact) mass is 326 g/mol. The van der Waals surface area contributed by atoms with Crippen LogP contribution in [0.1, 0.15) is 36.0 Å².